The van der Waals surface area contributed by atoms with E-state index in [2.05, 4.69) is 32.2 Å². The number of alkyl halides is 5. The molecule has 1 N–H and O–H groups in total. The Labute approximate surface area is 175 Å². The summed E-state index contributed by atoms with van der Waals surface area (Å²) in [7, 11) is 0. The van der Waals surface area contributed by atoms with E-state index in [-0.39, 0.29) is 22.7 Å². The number of hydrogen-bond donors (Lipinski definition) is 1. The molecule has 0 bridgehead atoms. The topological polar surface area (TPSA) is 112 Å². The van der Waals surface area contributed by atoms with Gasteiger partial charge in [-0.2, -0.15) is 28.6 Å². The fourth-order valence-electron chi connectivity index (χ4n) is 3.44. The summed E-state index contributed by atoms with van der Waals surface area (Å²) in [6.45, 7) is 2.40. The van der Waals surface area contributed by atoms with Gasteiger partial charge in [-0.25, -0.2) is 23.1 Å². The molecule has 0 unspecified atom stereocenters. The number of carbonyl (C=O) groups is 1. The Morgan fingerprint density at radius 1 is 1.34 bits per heavy atom. The van der Waals surface area contributed by atoms with Gasteiger partial charge in [-0.05, 0) is 6.07 Å². The second-order valence-corrected chi connectivity index (χ2v) is 6.76. The minimum Gasteiger partial charge on any atom is -0.306 e. The Bertz CT molecular complexity index is 1280. The molecule has 4 heterocycles. The minimum atomic E-state index is -4.90. The van der Waals surface area contributed by atoms with Crippen LogP contribution in [-0.4, -0.2) is 43.5 Å². The first-order chi connectivity index (χ1) is 15.1. The largest absolute Gasteiger partial charge is 0.405 e. The van der Waals surface area contributed by atoms with Gasteiger partial charge in [0.25, 0.3) is 6.43 Å². The van der Waals surface area contributed by atoms with Crippen molar-refractivity contribution in [1.29, 1.82) is 5.26 Å². The lowest BCUT2D eigenvalue weighted by Gasteiger charge is -2.29. The number of nitrogens with one attached hydrogen (secondary N) is 1. The molecule has 1 atom stereocenters. The molecule has 9 nitrogen and oxygen atoms in total. The number of fused-ring (bicyclic) bond motifs is 3. The summed E-state index contributed by atoms with van der Waals surface area (Å²) < 4.78 is 69.3. The average molecular weight is 450 g/mol. The fourth-order valence-corrected chi connectivity index (χ4v) is 3.44. The van der Waals surface area contributed by atoms with Gasteiger partial charge in [-0.1, -0.05) is 6.08 Å². The van der Waals surface area contributed by atoms with E-state index >= 15 is 0 Å². The maximum absolute atomic E-state index is 14.3. The van der Waals surface area contributed by atoms with Crippen LogP contribution in [0.1, 0.15) is 23.5 Å². The van der Waals surface area contributed by atoms with Crippen molar-refractivity contribution in [3.63, 3.8) is 0 Å². The van der Waals surface area contributed by atoms with Gasteiger partial charge in [0, 0.05) is 6.07 Å². The lowest BCUT2D eigenvalue weighted by atomic mass is 9.85. The van der Waals surface area contributed by atoms with E-state index in [1.54, 1.807) is 6.07 Å². The molecule has 3 aromatic rings. The van der Waals surface area contributed by atoms with Crippen LogP contribution in [0.4, 0.5) is 38.1 Å². The molecular formula is C18H11F5N8O. The van der Waals surface area contributed by atoms with Gasteiger partial charge < -0.3 is 5.32 Å². The van der Waals surface area contributed by atoms with E-state index in [1.165, 1.54) is 6.07 Å². The second-order valence-electron chi connectivity index (χ2n) is 6.76. The van der Waals surface area contributed by atoms with Crippen LogP contribution in [0.2, 0.25) is 0 Å². The number of amides is 2. The number of rotatable bonds is 3. The Kier molecular flexibility index (Phi) is 4.76. The van der Waals surface area contributed by atoms with Crippen molar-refractivity contribution >= 4 is 23.1 Å². The van der Waals surface area contributed by atoms with Crippen LogP contribution in [0.15, 0.2) is 37.2 Å². The molecule has 164 valence electrons. The van der Waals surface area contributed by atoms with E-state index in [1.807, 2.05) is 0 Å². The van der Waals surface area contributed by atoms with Crippen LogP contribution >= 0.6 is 0 Å². The molecule has 0 fully saturated rings. The second kappa shape index (κ2) is 7.22. The van der Waals surface area contributed by atoms with Gasteiger partial charge in [-0.15, -0.1) is 11.7 Å². The molecule has 4 rings (SSSR count). The van der Waals surface area contributed by atoms with Gasteiger partial charge in [0.2, 0.25) is 0 Å². The van der Waals surface area contributed by atoms with Crippen LogP contribution in [0.25, 0.3) is 5.65 Å². The molecule has 3 aromatic heterocycles. The number of urea groups is 1. The predicted molar refractivity (Wildman–Crippen MR) is 99.0 cm³/mol. The highest BCUT2D eigenvalue weighted by atomic mass is 19.4. The summed E-state index contributed by atoms with van der Waals surface area (Å²) in [6.07, 6.45) is -5.20. The first-order valence-electron chi connectivity index (χ1n) is 8.80. The smallest absolute Gasteiger partial charge is 0.306 e. The zero-order valence-electron chi connectivity index (χ0n) is 15.8. The fraction of sp³-hybridized carbons (Fsp3) is 0.222. The van der Waals surface area contributed by atoms with E-state index < -0.39 is 42.0 Å². The summed E-state index contributed by atoms with van der Waals surface area (Å²) >= 11 is 0. The minimum absolute atomic E-state index is 0.0297. The van der Waals surface area contributed by atoms with Crippen LogP contribution in [0.5, 0.6) is 0 Å². The molecule has 32 heavy (non-hydrogen) atoms. The summed E-state index contributed by atoms with van der Waals surface area (Å²) in [5.41, 5.74) is -4.54. The van der Waals surface area contributed by atoms with Crippen molar-refractivity contribution in [3.8, 4) is 6.07 Å². The first kappa shape index (κ1) is 21.1. The van der Waals surface area contributed by atoms with E-state index in [9.17, 15) is 26.7 Å². The molecular weight excluding hydrogens is 439 g/mol. The maximum Gasteiger partial charge on any atom is 0.405 e. The standard InChI is InChI=1S/C18H11F5N8O/c1-2-17(18(21,22)23)8-30(16(32)27-10-3-11(15(19)20)28-26-6-10)12-7-25-13-4-9(5-24)29-31(13)14(12)17/h2-4,6-7,15H,1,8H2,(H,27,28,32)/t17-/m1/s1. The third kappa shape index (κ3) is 3.09. The zero-order chi connectivity index (χ0) is 23.3. The number of aromatic nitrogens is 5. The lowest BCUT2D eigenvalue weighted by molar-refractivity contribution is -0.172. The molecule has 1 aliphatic rings. The SMILES string of the molecule is C=C[C@@]1(C(F)(F)F)CN(C(=O)Nc2cnnc(C(F)F)c2)c2cnc3cc(C#N)nn3c21. The maximum atomic E-state index is 14.3. The molecule has 0 radical (unpaired) electrons. The normalized spacial score (nSPS) is 18.0. The Morgan fingerprint density at radius 2 is 2.09 bits per heavy atom. The quantitative estimate of drug-likeness (QED) is 0.484. The monoisotopic (exact) mass is 450 g/mol. The number of nitriles is 1. The molecule has 0 saturated carbocycles. The Balaban J connectivity index is 1.83. The van der Waals surface area contributed by atoms with Crippen LogP contribution in [0, 0.1) is 11.3 Å². The third-order valence-electron chi connectivity index (χ3n) is 4.95. The number of carbonyl (C=O) groups excluding carboxylic acids is 1. The molecule has 0 spiro atoms. The van der Waals surface area contributed by atoms with Crippen molar-refractivity contribution < 1.29 is 26.7 Å². The predicted octanol–water partition coefficient (Wildman–Crippen LogP) is 3.37. The average Bonchev–Trinajstić information content (AvgIpc) is 3.32. The number of anilines is 2. The Morgan fingerprint density at radius 3 is 2.72 bits per heavy atom. The van der Waals surface area contributed by atoms with Crippen molar-refractivity contribution in [2.24, 2.45) is 0 Å². The number of halogens is 5. The van der Waals surface area contributed by atoms with Crippen molar-refractivity contribution in [3.05, 3.63) is 54.3 Å². The van der Waals surface area contributed by atoms with E-state index in [4.69, 9.17) is 5.26 Å². The van der Waals surface area contributed by atoms with Gasteiger partial charge in [0.15, 0.2) is 11.3 Å². The van der Waals surface area contributed by atoms with Gasteiger partial charge in [0.1, 0.15) is 17.2 Å². The molecule has 14 heteroatoms. The summed E-state index contributed by atoms with van der Waals surface area (Å²) in [5, 5.41) is 21.7. The van der Waals surface area contributed by atoms with Crippen LogP contribution in [-0.2, 0) is 5.41 Å². The molecule has 0 saturated heterocycles. The molecule has 0 aliphatic carbocycles. The molecule has 1 aliphatic heterocycles. The van der Waals surface area contributed by atoms with Gasteiger partial charge in [-0.3, -0.25) is 4.90 Å². The third-order valence-corrected chi connectivity index (χ3v) is 4.95. The zero-order valence-corrected chi connectivity index (χ0v) is 15.8. The Hall–Kier alpha value is -4.15. The van der Waals surface area contributed by atoms with Crippen LogP contribution in [0.3, 0.4) is 0 Å². The number of hydrogen-bond acceptors (Lipinski definition) is 6. The highest BCUT2D eigenvalue weighted by molar-refractivity contribution is 6.03. The molecule has 2 amide bonds. The highest BCUT2D eigenvalue weighted by Crippen LogP contribution is 2.51. The van der Waals surface area contributed by atoms with Gasteiger partial charge >= 0.3 is 12.2 Å². The van der Waals surface area contributed by atoms with Crippen molar-refractivity contribution in [2.45, 2.75) is 18.0 Å². The lowest BCUT2D eigenvalue weighted by Crippen LogP contribution is -2.47. The van der Waals surface area contributed by atoms with Crippen molar-refractivity contribution in [2.75, 3.05) is 16.8 Å². The van der Waals surface area contributed by atoms with E-state index in [0.29, 0.717) is 6.08 Å². The number of nitrogens with zero attached hydrogens (tertiary/aromatic N) is 7. The van der Waals surface area contributed by atoms with Gasteiger partial charge in [0.05, 0.1) is 36.0 Å². The summed E-state index contributed by atoms with van der Waals surface area (Å²) in [4.78, 5) is 17.6. The molecule has 0 aromatic carbocycles. The van der Waals surface area contributed by atoms with Crippen LogP contribution < -0.4 is 10.2 Å². The highest BCUT2D eigenvalue weighted by Gasteiger charge is 2.62. The first-order valence-corrected chi connectivity index (χ1v) is 8.80. The van der Waals surface area contributed by atoms with E-state index in [0.717, 1.165) is 27.9 Å². The van der Waals surface area contributed by atoms with Crippen molar-refractivity contribution in [1.82, 2.24) is 24.8 Å². The summed E-state index contributed by atoms with van der Waals surface area (Å²) in [6, 6.07) is 2.72. The summed E-state index contributed by atoms with van der Waals surface area (Å²) in [5.74, 6) is 0.